The third kappa shape index (κ3) is 1.65. The third-order valence-electron chi connectivity index (χ3n) is 2.09. The van der Waals surface area contributed by atoms with E-state index < -0.39 is 0 Å². The predicted octanol–water partition coefficient (Wildman–Crippen LogP) is -0.433. The highest BCUT2D eigenvalue weighted by molar-refractivity contribution is 7.80. The summed E-state index contributed by atoms with van der Waals surface area (Å²) in [6, 6.07) is 0. The Morgan fingerprint density at radius 3 is 2.54 bits per heavy atom. The Morgan fingerprint density at radius 1 is 1.31 bits per heavy atom. The smallest absolute Gasteiger partial charge is 0.188 e. The molecule has 5 nitrogen and oxygen atoms in total. The van der Waals surface area contributed by atoms with E-state index >= 15 is 0 Å². The zero-order valence-corrected chi connectivity index (χ0v) is 7.96. The number of hydrogen-bond acceptors (Lipinski definition) is 6. The topological polar surface area (TPSA) is 90.7 Å². The molecule has 1 aliphatic rings. The van der Waals surface area contributed by atoms with Crippen LogP contribution in [-0.4, -0.2) is 15.0 Å². The molecule has 0 aliphatic heterocycles. The molecule has 4 N–H and O–H groups in total. The Balaban J connectivity index is 2.40. The lowest BCUT2D eigenvalue weighted by Crippen LogP contribution is -2.24. The van der Waals surface area contributed by atoms with E-state index in [2.05, 4.69) is 27.6 Å². The van der Waals surface area contributed by atoms with Crippen molar-refractivity contribution in [1.82, 2.24) is 15.0 Å². The molecular formula is C7H11N5S. The van der Waals surface area contributed by atoms with Crippen LogP contribution in [0.4, 0.5) is 0 Å². The van der Waals surface area contributed by atoms with Crippen LogP contribution < -0.4 is 11.5 Å². The largest absolute Gasteiger partial charge is 0.324 e. The van der Waals surface area contributed by atoms with Gasteiger partial charge >= 0.3 is 0 Å². The molecule has 70 valence electrons. The minimum Gasteiger partial charge on any atom is -0.324 e. The minimum atomic E-state index is -0.343. The minimum absolute atomic E-state index is 0.291. The Kier molecular flexibility index (Phi) is 1.98. The van der Waals surface area contributed by atoms with Crippen molar-refractivity contribution in [3.63, 3.8) is 0 Å². The Morgan fingerprint density at radius 2 is 2.00 bits per heavy atom. The molecule has 2 rings (SSSR count). The van der Waals surface area contributed by atoms with Crippen LogP contribution in [-0.2, 0) is 12.1 Å². The van der Waals surface area contributed by atoms with Crippen molar-refractivity contribution in [2.75, 3.05) is 0 Å². The van der Waals surface area contributed by atoms with Gasteiger partial charge in [-0.3, -0.25) is 0 Å². The molecule has 6 heteroatoms. The van der Waals surface area contributed by atoms with Gasteiger partial charge in [-0.2, -0.15) is 0 Å². The van der Waals surface area contributed by atoms with Crippen LogP contribution in [0, 0.1) is 0 Å². The number of nitrogens with zero attached hydrogens (tertiary/aromatic N) is 3. The molecule has 1 fully saturated rings. The fourth-order valence-corrected chi connectivity index (χ4v) is 1.29. The second-order valence-corrected chi connectivity index (χ2v) is 3.64. The molecule has 0 amide bonds. The maximum atomic E-state index is 5.93. The highest BCUT2D eigenvalue weighted by Crippen LogP contribution is 2.40. The predicted molar refractivity (Wildman–Crippen MR) is 50.1 cm³/mol. The summed E-state index contributed by atoms with van der Waals surface area (Å²) in [5.41, 5.74) is 11.0. The second-order valence-electron chi connectivity index (χ2n) is 3.24. The maximum Gasteiger partial charge on any atom is 0.188 e. The van der Waals surface area contributed by atoms with E-state index in [9.17, 15) is 0 Å². The van der Waals surface area contributed by atoms with Gasteiger partial charge in [-0.1, -0.05) is 0 Å². The molecule has 1 aromatic rings. The molecule has 0 saturated heterocycles. The van der Waals surface area contributed by atoms with Crippen molar-refractivity contribution >= 4 is 12.6 Å². The number of aromatic nitrogens is 3. The average Bonchev–Trinajstić information content (AvgIpc) is 2.84. The van der Waals surface area contributed by atoms with Crippen molar-refractivity contribution in [3.05, 3.63) is 11.6 Å². The molecule has 0 unspecified atom stereocenters. The molecule has 1 saturated carbocycles. The molecule has 0 radical (unpaired) electrons. The first-order valence-electron chi connectivity index (χ1n) is 4.07. The van der Waals surface area contributed by atoms with Crippen LogP contribution in [0.15, 0.2) is 5.16 Å². The van der Waals surface area contributed by atoms with E-state index in [1.807, 2.05) is 0 Å². The summed E-state index contributed by atoms with van der Waals surface area (Å²) in [7, 11) is 0. The van der Waals surface area contributed by atoms with Crippen LogP contribution in [0.2, 0.25) is 0 Å². The zero-order valence-electron chi connectivity index (χ0n) is 7.06. The first-order chi connectivity index (χ1) is 6.14. The summed E-state index contributed by atoms with van der Waals surface area (Å²) in [4.78, 5) is 12.2. The average molecular weight is 197 g/mol. The lowest BCUT2D eigenvalue weighted by molar-refractivity contribution is 0.625. The molecule has 13 heavy (non-hydrogen) atoms. The van der Waals surface area contributed by atoms with E-state index in [4.69, 9.17) is 11.5 Å². The van der Waals surface area contributed by atoms with Crippen LogP contribution in [0.1, 0.15) is 24.5 Å². The highest BCUT2D eigenvalue weighted by Gasteiger charge is 2.43. The summed E-state index contributed by atoms with van der Waals surface area (Å²) in [6.07, 6.45) is 1.85. The number of nitrogens with two attached hydrogens (primary N) is 2. The molecule has 0 bridgehead atoms. The summed E-state index contributed by atoms with van der Waals surface area (Å²) >= 11 is 4.06. The van der Waals surface area contributed by atoms with E-state index in [1.165, 1.54) is 0 Å². The van der Waals surface area contributed by atoms with Gasteiger partial charge in [-0.05, 0) is 12.8 Å². The van der Waals surface area contributed by atoms with Gasteiger partial charge < -0.3 is 11.5 Å². The summed E-state index contributed by atoms with van der Waals surface area (Å²) in [5, 5.41) is 0.391. The lowest BCUT2D eigenvalue weighted by Gasteiger charge is -2.07. The third-order valence-corrected chi connectivity index (χ3v) is 2.29. The Hall–Kier alpha value is -0.720. The number of rotatable bonds is 2. The van der Waals surface area contributed by atoms with Gasteiger partial charge in [0.2, 0.25) is 0 Å². The fraction of sp³-hybridized carbons (Fsp3) is 0.571. The van der Waals surface area contributed by atoms with E-state index in [0.717, 1.165) is 12.8 Å². The standard InChI is InChI=1S/C7H11N5S/c8-3-4-10-5(7(9)1-2-7)12-6(13)11-4/h1-3,8-9H2,(H,10,11,12,13). The van der Waals surface area contributed by atoms with Crippen molar-refractivity contribution in [3.8, 4) is 0 Å². The van der Waals surface area contributed by atoms with Crippen LogP contribution in [0.5, 0.6) is 0 Å². The second kappa shape index (κ2) is 2.90. The van der Waals surface area contributed by atoms with Crippen molar-refractivity contribution in [2.24, 2.45) is 11.5 Å². The highest BCUT2D eigenvalue weighted by atomic mass is 32.1. The van der Waals surface area contributed by atoms with Crippen LogP contribution in [0.3, 0.4) is 0 Å². The van der Waals surface area contributed by atoms with Gasteiger partial charge in [0.05, 0.1) is 12.1 Å². The van der Waals surface area contributed by atoms with Gasteiger partial charge in [0.25, 0.3) is 0 Å². The molecule has 0 spiro atoms. The summed E-state index contributed by atoms with van der Waals surface area (Å²) in [5.74, 6) is 1.17. The molecule has 0 atom stereocenters. The maximum absolute atomic E-state index is 5.93. The van der Waals surface area contributed by atoms with Gasteiger partial charge in [0.1, 0.15) is 5.82 Å². The SMILES string of the molecule is NCc1nc(S)nc(C2(N)CC2)n1. The van der Waals surface area contributed by atoms with Gasteiger partial charge in [-0.15, -0.1) is 12.6 Å². The first kappa shape index (κ1) is 8.86. The van der Waals surface area contributed by atoms with Crippen molar-refractivity contribution < 1.29 is 0 Å². The van der Waals surface area contributed by atoms with Gasteiger partial charge in [0, 0.05) is 0 Å². The van der Waals surface area contributed by atoms with E-state index in [1.54, 1.807) is 0 Å². The lowest BCUT2D eigenvalue weighted by atomic mass is 10.3. The van der Waals surface area contributed by atoms with Crippen LogP contribution >= 0.6 is 12.6 Å². The molecule has 1 aliphatic carbocycles. The quantitative estimate of drug-likeness (QED) is 0.559. The Labute approximate surface area is 81.4 Å². The number of thiol groups is 1. The summed E-state index contributed by atoms with van der Waals surface area (Å²) < 4.78 is 0. The molecule has 1 heterocycles. The van der Waals surface area contributed by atoms with E-state index in [0.29, 0.717) is 23.4 Å². The molecular weight excluding hydrogens is 186 g/mol. The van der Waals surface area contributed by atoms with Crippen molar-refractivity contribution in [2.45, 2.75) is 30.1 Å². The molecule has 1 aromatic heterocycles. The monoisotopic (exact) mass is 197 g/mol. The fourth-order valence-electron chi connectivity index (χ4n) is 1.08. The zero-order chi connectivity index (χ0) is 9.47. The van der Waals surface area contributed by atoms with E-state index in [-0.39, 0.29) is 5.54 Å². The van der Waals surface area contributed by atoms with Gasteiger partial charge in [-0.25, -0.2) is 15.0 Å². The van der Waals surface area contributed by atoms with Crippen molar-refractivity contribution in [1.29, 1.82) is 0 Å². The van der Waals surface area contributed by atoms with Crippen LogP contribution in [0.25, 0.3) is 0 Å². The first-order valence-corrected chi connectivity index (χ1v) is 4.52. The van der Waals surface area contributed by atoms with Gasteiger partial charge in [0.15, 0.2) is 11.0 Å². The normalized spacial score (nSPS) is 18.7. The molecule has 0 aromatic carbocycles. The number of hydrogen-bond donors (Lipinski definition) is 3. The summed E-state index contributed by atoms with van der Waals surface area (Å²) in [6.45, 7) is 0.291. The Bertz CT molecular complexity index is 336.